The average Bonchev–Trinajstić information content (AvgIpc) is 2.15. The molecule has 0 aromatic heterocycles. The van der Waals surface area contributed by atoms with E-state index in [4.69, 9.17) is 10.2 Å². The summed E-state index contributed by atoms with van der Waals surface area (Å²) >= 11 is 0. The van der Waals surface area contributed by atoms with Crippen LogP contribution in [-0.4, -0.2) is 40.0 Å². The van der Waals surface area contributed by atoms with Gasteiger partial charge in [0.1, 0.15) is 11.8 Å². The van der Waals surface area contributed by atoms with E-state index in [0.717, 1.165) is 0 Å². The number of nitrogens with one attached hydrogen (secondary N) is 1. The number of hydrogen-bond donors (Lipinski definition) is 3. The predicted octanol–water partition coefficient (Wildman–Crippen LogP) is 0.118. The number of rotatable bonds is 7. The zero-order valence-corrected chi connectivity index (χ0v) is 9.56. The maximum absolute atomic E-state index is 10.9. The molecule has 0 aliphatic rings. The topological polar surface area (TPSA) is 104 Å². The molecule has 0 rings (SSSR count). The second-order valence-electron chi connectivity index (χ2n) is 3.86. The van der Waals surface area contributed by atoms with E-state index in [0.29, 0.717) is 0 Å². The van der Waals surface area contributed by atoms with Crippen LogP contribution in [0.15, 0.2) is 0 Å². The van der Waals surface area contributed by atoms with E-state index in [-0.39, 0.29) is 12.2 Å². The van der Waals surface area contributed by atoms with Crippen molar-refractivity contribution in [1.82, 2.24) is 5.32 Å². The van der Waals surface area contributed by atoms with Gasteiger partial charge in [0, 0.05) is 0 Å². The molecule has 3 atom stereocenters. The molecule has 0 saturated carbocycles. The van der Waals surface area contributed by atoms with Crippen molar-refractivity contribution in [1.29, 1.82) is 0 Å². The van der Waals surface area contributed by atoms with Gasteiger partial charge in [-0.15, -0.1) is 0 Å². The third kappa shape index (κ3) is 4.88. The highest BCUT2D eigenvalue weighted by Gasteiger charge is 2.25. The monoisotopic (exact) mass is 231 g/mol. The molecule has 0 amide bonds. The van der Waals surface area contributed by atoms with Gasteiger partial charge >= 0.3 is 11.9 Å². The van der Waals surface area contributed by atoms with E-state index in [9.17, 15) is 14.4 Å². The summed E-state index contributed by atoms with van der Waals surface area (Å²) in [5, 5.41) is 20.1. The molecule has 0 aliphatic heterocycles. The molecule has 0 aliphatic carbocycles. The fraction of sp³-hybridized carbons (Fsp3) is 0.700. The van der Waals surface area contributed by atoms with E-state index >= 15 is 0 Å². The maximum Gasteiger partial charge on any atom is 0.320 e. The van der Waals surface area contributed by atoms with Crippen molar-refractivity contribution < 1.29 is 24.6 Å². The number of hydrogen-bond acceptors (Lipinski definition) is 4. The summed E-state index contributed by atoms with van der Waals surface area (Å²) in [6.07, 6.45) is -0.0533. The van der Waals surface area contributed by atoms with Gasteiger partial charge in [-0.2, -0.15) is 0 Å². The van der Waals surface area contributed by atoms with Crippen LogP contribution in [0.2, 0.25) is 0 Å². The number of aliphatic carboxylic acids is 2. The third-order valence-electron chi connectivity index (χ3n) is 2.37. The van der Waals surface area contributed by atoms with Gasteiger partial charge in [0.05, 0.1) is 12.0 Å². The van der Waals surface area contributed by atoms with Crippen molar-refractivity contribution in [2.24, 2.45) is 5.92 Å². The van der Waals surface area contributed by atoms with Crippen molar-refractivity contribution in [2.45, 2.75) is 39.3 Å². The lowest BCUT2D eigenvalue weighted by Gasteiger charge is -2.19. The SMILES string of the molecule is CC(=O)[C@H](C)NC(C[C@@H](C)C(=O)O)C(=O)O. The number of ketones is 1. The van der Waals surface area contributed by atoms with Crippen molar-refractivity contribution >= 4 is 17.7 Å². The van der Waals surface area contributed by atoms with Gasteiger partial charge in [0.15, 0.2) is 0 Å². The summed E-state index contributed by atoms with van der Waals surface area (Å²) in [6.45, 7) is 4.32. The van der Waals surface area contributed by atoms with Crippen LogP contribution in [0.5, 0.6) is 0 Å². The summed E-state index contributed by atoms with van der Waals surface area (Å²) in [7, 11) is 0. The van der Waals surface area contributed by atoms with Crippen molar-refractivity contribution in [3.63, 3.8) is 0 Å². The number of carboxylic acid groups (broad SMARTS) is 2. The molecular formula is C10H17NO5. The van der Waals surface area contributed by atoms with E-state index < -0.39 is 29.9 Å². The van der Waals surface area contributed by atoms with Crippen LogP contribution in [-0.2, 0) is 14.4 Å². The van der Waals surface area contributed by atoms with Crippen LogP contribution < -0.4 is 5.32 Å². The Hall–Kier alpha value is -1.43. The van der Waals surface area contributed by atoms with Gasteiger partial charge in [-0.3, -0.25) is 19.7 Å². The van der Waals surface area contributed by atoms with Crippen molar-refractivity contribution in [3.8, 4) is 0 Å². The molecule has 0 heterocycles. The van der Waals surface area contributed by atoms with Crippen molar-refractivity contribution in [3.05, 3.63) is 0 Å². The minimum Gasteiger partial charge on any atom is -0.481 e. The molecule has 3 N–H and O–H groups in total. The molecule has 0 radical (unpaired) electrons. The maximum atomic E-state index is 10.9. The number of carboxylic acids is 2. The Morgan fingerprint density at radius 3 is 1.94 bits per heavy atom. The standard InChI is InChI=1S/C10H17NO5/c1-5(9(13)14)4-8(10(15)16)11-6(2)7(3)12/h5-6,8,11H,4H2,1-3H3,(H,13,14)(H,15,16)/t5-,6+,8?/m1/s1. The number of carbonyl (C=O) groups is 3. The first kappa shape index (κ1) is 14.6. The molecule has 0 bridgehead atoms. The quantitative estimate of drug-likeness (QED) is 0.575. The zero-order valence-electron chi connectivity index (χ0n) is 9.56. The molecule has 0 saturated heterocycles. The first-order valence-electron chi connectivity index (χ1n) is 4.97. The lowest BCUT2D eigenvalue weighted by Crippen LogP contribution is -2.46. The average molecular weight is 231 g/mol. The minimum absolute atomic E-state index is 0.0533. The van der Waals surface area contributed by atoms with Gasteiger partial charge in [0.25, 0.3) is 0 Å². The van der Waals surface area contributed by atoms with E-state index in [1.54, 1.807) is 6.92 Å². The van der Waals surface area contributed by atoms with Gasteiger partial charge in [-0.1, -0.05) is 6.92 Å². The third-order valence-corrected chi connectivity index (χ3v) is 2.37. The van der Waals surface area contributed by atoms with Crippen LogP contribution in [0.3, 0.4) is 0 Å². The van der Waals surface area contributed by atoms with Crippen LogP contribution in [0.25, 0.3) is 0 Å². The molecule has 6 nitrogen and oxygen atoms in total. The molecule has 16 heavy (non-hydrogen) atoms. The van der Waals surface area contributed by atoms with Crippen LogP contribution in [0, 0.1) is 5.92 Å². The van der Waals surface area contributed by atoms with Gasteiger partial charge in [-0.05, 0) is 20.3 Å². The van der Waals surface area contributed by atoms with Crippen molar-refractivity contribution in [2.75, 3.05) is 0 Å². The smallest absolute Gasteiger partial charge is 0.320 e. The zero-order chi connectivity index (χ0) is 12.9. The normalized spacial score (nSPS) is 16.2. The molecule has 0 aromatic rings. The van der Waals surface area contributed by atoms with E-state index in [1.165, 1.54) is 13.8 Å². The number of carbonyl (C=O) groups excluding carboxylic acids is 1. The Morgan fingerprint density at radius 2 is 1.62 bits per heavy atom. The van der Waals surface area contributed by atoms with Gasteiger partial charge in [-0.25, -0.2) is 0 Å². The van der Waals surface area contributed by atoms with Crippen LogP contribution in [0.4, 0.5) is 0 Å². The molecule has 92 valence electrons. The summed E-state index contributed by atoms with van der Waals surface area (Å²) < 4.78 is 0. The first-order valence-corrected chi connectivity index (χ1v) is 4.97. The Kier molecular flexibility index (Phi) is 5.66. The fourth-order valence-corrected chi connectivity index (χ4v) is 1.11. The highest BCUT2D eigenvalue weighted by atomic mass is 16.4. The molecule has 0 aromatic carbocycles. The molecular weight excluding hydrogens is 214 g/mol. The Labute approximate surface area is 93.6 Å². The van der Waals surface area contributed by atoms with E-state index in [2.05, 4.69) is 5.32 Å². The summed E-state index contributed by atoms with van der Waals surface area (Å²) in [5.41, 5.74) is 0. The first-order chi connectivity index (χ1) is 7.25. The Bertz CT molecular complexity index is 267. The predicted molar refractivity (Wildman–Crippen MR) is 56.1 cm³/mol. The second-order valence-corrected chi connectivity index (χ2v) is 3.86. The molecule has 0 fully saturated rings. The Morgan fingerprint density at radius 1 is 1.12 bits per heavy atom. The Balaban J connectivity index is 4.45. The highest BCUT2D eigenvalue weighted by Crippen LogP contribution is 2.07. The fourth-order valence-electron chi connectivity index (χ4n) is 1.11. The number of Topliss-reactive ketones (excluding diaryl/α,β-unsaturated/α-hetero) is 1. The van der Waals surface area contributed by atoms with Gasteiger partial charge in [0.2, 0.25) is 0 Å². The molecule has 0 spiro atoms. The largest absolute Gasteiger partial charge is 0.481 e. The summed E-state index contributed by atoms with van der Waals surface area (Å²) in [4.78, 5) is 32.4. The molecule has 6 heteroatoms. The highest BCUT2D eigenvalue weighted by molar-refractivity contribution is 5.82. The summed E-state index contributed by atoms with van der Waals surface area (Å²) in [6, 6.07) is -1.62. The summed E-state index contributed by atoms with van der Waals surface area (Å²) in [5.74, 6) is -3.16. The van der Waals surface area contributed by atoms with Crippen LogP contribution in [0.1, 0.15) is 27.2 Å². The van der Waals surface area contributed by atoms with Crippen LogP contribution >= 0.6 is 0 Å². The lowest BCUT2D eigenvalue weighted by molar-refractivity contribution is -0.143. The van der Waals surface area contributed by atoms with Gasteiger partial charge < -0.3 is 10.2 Å². The minimum atomic E-state index is -1.15. The lowest BCUT2D eigenvalue weighted by atomic mass is 10.0. The molecule has 1 unspecified atom stereocenters. The second kappa shape index (κ2) is 6.22. The van der Waals surface area contributed by atoms with E-state index in [1.807, 2.05) is 0 Å².